The minimum Gasteiger partial charge on any atom is -0.379 e. The summed E-state index contributed by atoms with van der Waals surface area (Å²) < 4.78 is 31.0. The Kier molecular flexibility index (Phi) is 7.32. The summed E-state index contributed by atoms with van der Waals surface area (Å²) >= 11 is 0. The van der Waals surface area contributed by atoms with Crippen LogP contribution in [-0.2, 0) is 14.8 Å². The molecule has 23 heavy (non-hydrogen) atoms. The molecule has 2 aliphatic rings. The lowest BCUT2D eigenvalue weighted by Crippen LogP contribution is -2.47. The fourth-order valence-electron chi connectivity index (χ4n) is 3.88. The summed E-state index contributed by atoms with van der Waals surface area (Å²) in [5.74, 6) is 0.477. The van der Waals surface area contributed by atoms with Gasteiger partial charge in [-0.2, -0.15) is 0 Å². The molecule has 0 radical (unpaired) electrons. The second kappa shape index (κ2) is 8.79. The highest BCUT2D eigenvalue weighted by Gasteiger charge is 2.30. The minimum absolute atomic E-state index is 0.300. The van der Waals surface area contributed by atoms with E-state index >= 15 is 0 Å². The van der Waals surface area contributed by atoms with Gasteiger partial charge in [-0.1, -0.05) is 6.42 Å². The average molecular weight is 347 g/mol. The molecule has 0 N–H and O–H groups in total. The molecule has 0 aromatic carbocycles. The fraction of sp³-hybridized carbons (Fsp3) is 1.00. The SMILES string of the molecule is CC(C)OCC[C@H]1CCCCN1C[C@H]1CCCN(S(C)(=O)=O)C1. The zero-order valence-corrected chi connectivity index (χ0v) is 15.9. The van der Waals surface area contributed by atoms with E-state index in [-0.39, 0.29) is 0 Å². The van der Waals surface area contributed by atoms with Gasteiger partial charge in [0.2, 0.25) is 10.0 Å². The Labute approximate surface area is 142 Å². The highest BCUT2D eigenvalue weighted by atomic mass is 32.2. The van der Waals surface area contributed by atoms with E-state index in [9.17, 15) is 8.42 Å². The van der Waals surface area contributed by atoms with E-state index in [4.69, 9.17) is 4.74 Å². The molecule has 0 saturated carbocycles. The molecule has 2 aliphatic heterocycles. The van der Waals surface area contributed by atoms with E-state index in [1.165, 1.54) is 25.5 Å². The van der Waals surface area contributed by atoms with E-state index in [0.717, 1.165) is 39.0 Å². The average Bonchev–Trinajstić information content (AvgIpc) is 2.48. The summed E-state index contributed by atoms with van der Waals surface area (Å²) in [5.41, 5.74) is 0. The third-order valence-electron chi connectivity index (χ3n) is 5.09. The minimum atomic E-state index is -3.04. The quantitative estimate of drug-likeness (QED) is 0.710. The fourth-order valence-corrected chi connectivity index (χ4v) is 4.82. The molecule has 0 aromatic heterocycles. The van der Waals surface area contributed by atoms with Gasteiger partial charge in [-0.3, -0.25) is 4.90 Å². The molecule has 2 heterocycles. The van der Waals surface area contributed by atoms with Gasteiger partial charge >= 0.3 is 0 Å². The predicted octanol–water partition coefficient (Wildman–Crippen LogP) is 2.33. The van der Waals surface area contributed by atoms with Crippen molar-refractivity contribution in [3.8, 4) is 0 Å². The molecule has 0 unspecified atom stereocenters. The number of piperidine rings is 2. The van der Waals surface area contributed by atoms with Crippen LogP contribution in [-0.4, -0.2) is 68.8 Å². The van der Waals surface area contributed by atoms with Crippen molar-refractivity contribution in [2.45, 2.75) is 64.5 Å². The molecule has 2 rings (SSSR count). The monoisotopic (exact) mass is 346 g/mol. The summed E-state index contributed by atoms with van der Waals surface area (Å²) in [5, 5.41) is 0. The third kappa shape index (κ3) is 6.33. The van der Waals surface area contributed by atoms with Crippen molar-refractivity contribution in [3.05, 3.63) is 0 Å². The molecule has 2 saturated heterocycles. The van der Waals surface area contributed by atoms with Gasteiger partial charge in [-0.05, 0) is 58.4 Å². The van der Waals surface area contributed by atoms with Gasteiger partial charge in [0.05, 0.1) is 12.4 Å². The number of nitrogens with zero attached hydrogens (tertiary/aromatic N) is 2. The Morgan fingerprint density at radius 2 is 1.91 bits per heavy atom. The largest absolute Gasteiger partial charge is 0.379 e. The summed E-state index contributed by atoms with van der Waals surface area (Å²) in [6.45, 7) is 8.59. The van der Waals surface area contributed by atoms with E-state index in [1.807, 2.05) is 0 Å². The first-order valence-electron chi connectivity index (χ1n) is 9.17. The highest BCUT2D eigenvalue weighted by molar-refractivity contribution is 7.88. The molecule has 6 heteroatoms. The van der Waals surface area contributed by atoms with Crippen LogP contribution in [0.3, 0.4) is 0 Å². The smallest absolute Gasteiger partial charge is 0.211 e. The molecule has 2 fully saturated rings. The molecule has 0 amide bonds. The molecule has 0 spiro atoms. The van der Waals surface area contributed by atoms with Gasteiger partial charge in [0, 0.05) is 32.3 Å². The first kappa shape index (κ1) is 19.2. The van der Waals surface area contributed by atoms with Crippen LogP contribution >= 0.6 is 0 Å². The van der Waals surface area contributed by atoms with Gasteiger partial charge in [0.1, 0.15) is 0 Å². The predicted molar refractivity (Wildman–Crippen MR) is 94.1 cm³/mol. The molecule has 2 atom stereocenters. The van der Waals surface area contributed by atoms with Gasteiger partial charge in [-0.25, -0.2) is 12.7 Å². The number of likely N-dealkylation sites (tertiary alicyclic amines) is 1. The van der Waals surface area contributed by atoms with Gasteiger partial charge in [-0.15, -0.1) is 0 Å². The molecule has 5 nitrogen and oxygen atoms in total. The molecule has 0 bridgehead atoms. The van der Waals surface area contributed by atoms with E-state index in [1.54, 1.807) is 4.31 Å². The number of sulfonamides is 1. The second-order valence-corrected chi connectivity index (χ2v) is 9.46. The number of rotatable bonds is 7. The van der Waals surface area contributed by atoms with Crippen LogP contribution in [0.1, 0.15) is 52.4 Å². The molecule has 0 aromatic rings. The lowest BCUT2D eigenvalue weighted by atomic mass is 9.94. The van der Waals surface area contributed by atoms with Crippen LogP contribution in [0.4, 0.5) is 0 Å². The van der Waals surface area contributed by atoms with Gasteiger partial charge < -0.3 is 4.74 Å². The van der Waals surface area contributed by atoms with Gasteiger partial charge in [0.15, 0.2) is 0 Å². The number of hydrogen-bond donors (Lipinski definition) is 0. The molecule has 136 valence electrons. The Bertz CT molecular complexity index is 453. The zero-order valence-electron chi connectivity index (χ0n) is 15.0. The summed E-state index contributed by atoms with van der Waals surface area (Å²) in [4.78, 5) is 2.60. The zero-order chi connectivity index (χ0) is 16.9. The van der Waals surface area contributed by atoms with Crippen LogP contribution in [0.25, 0.3) is 0 Å². The standard InChI is InChI=1S/C17H34N2O3S/c1-15(2)22-12-9-17-8-4-5-10-18(17)13-16-7-6-11-19(14-16)23(3,20)21/h15-17H,4-14H2,1-3H3/t16-,17-/m1/s1. The van der Waals surface area contributed by atoms with Crippen LogP contribution in [0.15, 0.2) is 0 Å². The van der Waals surface area contributed by atoms with Crippen molar-refractivity contribution < 1.29 is 13.2 Å². The summed E-state index contributed by atoms with van der Waals surface area (Å²) in [7, 11) is -3.04. The van der Waals surface area contributed by atoms with Crippen molar-refractivity contribution in [1.29, 1.82) is 0 Å². The van der Waals surface area contributed by atoms with E-state index in [0.29, 0.717) is 31.2 Å². The Morgan fingerprint density at radius 1 is 1.13 bits per heavy atom. The van der Waals surface area contributed by atoms with Crippen molar-refractivity contribution in [1.82, 2.24) is 9.21 Å². The van der Waals surface area contributed by atoms with Crippen molar-refractivity contribution in [2.75, 3.05) is 39.0 Å². The van der Waals surface area contributed by atoms with Crippen molar-refractivity contribution >= 4 is 10.0 Å². The maximum Gasteiger partial charge on any atom is 0.211 e. The summed E-state index contributed by atoms with van der Waals surface area (Å²) in [6.07, 6.45) is 8.71. The lowest BCUT2D eigenvalue weighted by Gasteiger charge is -2.40. The Morgan fingerprint density at radius 3 is 2.61 bits per heavy atom. The molecule has 0 aliphatic carbocycles. The highest BCUT2D eigenvalue weighted by Crippen LogP contribution is 2.25. The third-order valence-corrected chi connectivity index (χ3v) is 6.36. The first-order valence-corrected chi connectivity index (χ1v) is 11.0. The van der Waals surface area contributed by atoms with Crippen LogP contribution < -0.4 is 0 Å². The van der Waals surface area contributed by atoms with Crippen molar-refractivity contribution in [2.24, 2.45) is 5.92 Å². The normalized spacial score (nSPS) is 28.3. The maximum atomic E-state index is 11.8. The number of hydrogen-bond acceptors (Lipinski definition) is 4. The van der Waals surface area contributed by atoms with Crippen LogP contribution in [0.5, 0.6) is 0 Å². The van der Waals surface area contributed by atoms with Crippen molar-refractivity contribution in [3.63, 3.8) is 0 Å². The van der Waals surface area contributed by atoms with Crippen LogP contribution in [0.2, 0.25) is 0 Å². The summed E-state index contributed by atoms with van der Waals surface area (Å²) in [6, 6.07) is 0.608. The van der Waals surface area contributed by atoms with E-state index in [2.05, 4.69) is 18.7 Å². The lowest BCUT2D eigenvalue weighted by molar-refractivity contribution is 0.0403. The Balaban J connectivity index is 1.85. The molecular weight excluding hydrogens is 312 g/mol. The maximum absolute atomic E-state index is 11.8. The topological polar surface area (TPSA) is 49.9 Å². The van der Waals surface area contributed by atoms with E-state index < -0.39 is 10.0 Å². The van der Waals surface area contributed by atoms with Crippen LogP contribution in [0, 0.1) is 5.92 Å². The molecular formula is C17H34N2O3S. The first-order chi connectivity index (χ1) is 10.9. The second-order valence-electron chi connectivity index (χ2n) is 7.48. The number of ether oxygens (including phenoxy) is 1. The van der Waals surface area contributed by atoms with Gasteiger partial charge in [0.25, 0.3) is 0 Å². The Hall–Kier alpha value is -0.170.